The van der Waals surface area contributed by atoms with Gasteiger partial charge in [-0.05, 0) is 44.0 Å². The van der Waals surface area contributed by atoms with E-state index in [9.17, 15) is 4.79 Å². The van der Waals surface area contributed by atoms with Crippen molar-refractivity contribution >= 4 is 17.5 Å². The van der Waals surface area contributed by atoms with E-state index in [1.54, 1.807) is 0 Å². The van der Waals surface area contributed by atoms with Crippen molar-refractivity contribution in [2.75, 3.05) is 26.4 Å². The van der Waals surface area contributed by atoms with Crippen molar-refractivity contribution in [3.63, 3.8) is 0 Å². The van der Waals surface area contributed by atoms with Crippen LogP contribution in [0.1, 0.15) is 25.0 Å². The summed E-state index contributed by atoms with van der Waals surface area (Å²) in [6.07, 6.45) is 1.45. The Morgan fingerprint density at radius 1 is 1.21 bits per heavy atom. The molecular formula is C22H24ClNO5. The average molecular weight is 418 g/mol. The summed E-state index contributed by atoms with van der Waals surface area (Å²) in [7, 11) is 0. The molecule has 2 aliphatic rings. The number of hydrogen-bond donors (Lipinski definition) is 1. The fraction of sp³-hybridized carbons (Fsp3) is 0.409. The number of halogens is 1. The zero-order valence-corrected chi connectivity index (χ0v) is 17.3. The van der Waals surface area contributed by atoms with Crippen LogP contribution in [0.5, 0.6) is 23.0 Å². The van der Waals surface area contributed by atoms with Gasteiger partial charge < -0.3 is 24.3 Å². The maximum Gasteiger partial charge on any atom is 0.257 e. The lowest BCUT2D eigenvalue weighted by Crippen LogP contribution is -2.30. The first-order valence-corrected chi connectivity index (χ1v) is 10.1. The minimum atomic E-state index is -0.255. The third-order valence-electron chi connectivity index (χ3n) is 4.81. The largest absolute Gasteiger partial charge is 0.486 e. The molecule has 0 fully saturated rings. The molecule has 0 saturated heterocycles. The summed E-state index contributed by atoms with van der Waals surface area (Å²) in [5.41, 5.74) is 1.81. The fourth-order valence-electron chi connectivity index (χ4n) is 3.55. The minimum Gasteiger partial charge on any atom is -0.486 e. The molecule has 0 radical (unpaired) electrons. The Labute approximate surface area is 175 Å². The molecule has 0 saturated carbocycles. The van der Waals surface area contributed by atoms with Gasteiger partial charge in [0.15, 0.2) is 29.6 Å². The monoisotopic (exact) mass is 417 g/mol. The molecule has 0 bridgehead atoms. The van der Waals surface area contributed by atoms with Crippen molar-refractivity contribution in [2.24, 2.45) is 0 Å². The van der Waals surface area contributed by atoms with Crippen molar-refractivity contribution < 1.29 is 23.7 Å². The molecule has 0 atom stereocenters. The van der Waals surface area contributed by atoms with E-state index in [0.717, 1.165) is 23.3 Å². The highest BCUT2D eigenvalue weighted by Crippen LogP contribution is 2.41. The molecular weight excluding hydrogens is 394 g/mol. The molecule has 2 heterocycles. The van der Waals surface area contributed by atoms with Crippen LogP contribution in [0.4, 0.5) is 0 Å². The highest BCUT2D eigenvalue weighted by molar-refractivity contribution is 6.32. The summed E-state index contributed by atoms with van der Waals surface area (Å²) in [4.78, 5) is 12.2. The summed E-state index contributed by atoms with van der Waals surface area (Å²) in [6.45, 7) is 5.47. The highest BCUT2D eigenvalue weighted by Gasteiger charge is 2.32. The third-order valence-corrected chi connectivity index (χ3v) is 5.09. The van der Waals surface area contributed by atoms with Crippen LogP contribution in [-0.2, 0) is 17.6 Å². The molecule has 154 valence electrons. The van der Waals surface area contributed by atoms with Gasteiger partial charge in [-0.2, -0.15) is 0 Å². The Kier molecular flexibility index (Phi) is 5.46. The molecule has 2 aliphatic heterocycles. The van der Waals surface area contributed by atoms with Gasteiger partial charge in [-0.25, -0.2) is 0 Å². The summed E-state index contributed by atoms with van der Waals surface area (Å²) >= 11 is 6.25. The van der Waals surface area contributed by atoms with Crippen LogP contribution in [0.25, 0.3) is 0 Å². The lowest BCUT2D eigenvalue weighted by Gasteiger charge is -2.20. The van der Waals surface area contributed by atoms with Crippen molar-refractivity contribution in [2.45, 2.75) is 32.3 Å². The smallest absolute Gasteiger partial charge is 0.257 e. The predicted octanol–water partition coefficient (Wildman–Crippen LogP) is 3.56. The van der Waals surface area contributed by atoms with Gasteiger partial charge in [0, 0.05) is 18.5 Å². The lowest BCUT2D eigenvalue weighted by molar-refractivity contribution is -0.123. The normalized spacial score (nSPS) is 16.0. The van der Waals surface area contributed by atoms with E-state index in [1.165, 1.54) is 0 Å². The Morgan fingerprint density at radius 3 is 2.90 bits per heavy atom. The second-order valence-electron chi connectivity index (χ2n) is 7.77. The standard InChI is InChI=1S/C22H24ClNO5/c1-22(2)12-15-4-3-5-17(20(15)29-22)28-13-19(25)24-7-6-14-10-16(23)21-18(11-14)26-8-9-27-21/h3-5,10-11H,6-9,12-13H2,1-2H3,(H,24,25). The van der Waals surface area contributed by atoms with Crippen molar-refractivity contribution in [3.8, 4) is 23.0 Å². The number of nitrogens with one attached hydrogen (secondary N) is 1. The van der Waals surface area contributed by atoms with E-state index in [4.69, 9.17) is 30.5 Å². The first kappa shape index (κ1) is 19.7. The second-order valence-corrected chi connectivity index (χ2v) is 8.18. The topological polar surface area (TPSA) is 66.0 Å². The SMILES string of the molecule is CC1(C)Cc2cccc(OCC(=O)NCCc3cc(Cl)c4c(c3)OCCO4)c2O1. The number of carbonyl (C=O) groups excluding carboxylic acids is 1. The van der Waals surface area contributed by atoms with Crippen molar-refractivity contribution in [3.05, 3.63) is 46.5 Å². The van der Waals surface area contributed by atoms with Gasteiger partial charge in [0.1, 0.15) is 18.8 Å². The van der Waals surface area contributed by atoms with E-state index in [0.29, 0.717) is 48.5 Å². The number of ether oxygens (including phenoxy) is 4. The Bertz CT molecular complexity index is 928. The van der Waals surface area contributed by atoms with E-state index < -0.39 is 0 Å². The maximum atomic E-state index is 12.2. The average Bonchev–Trinajstić information content (AvgIpc) is 3.01. The first-order valence-electron chi connectivity index (χ1n) is 9.70. The van der Waals surface area contributed by atoms with Gasteiger partial charge in [0.25, 0.3) is 5.91 Å². The number of rotatable bonds is 6. The molecule has 0 aromatic heterocycles. The lowest BCUT2D eigenvalue weighted by atomic mass is 10.0. The van der Waals surface area contributed by atoms with Gasteiger partial charge in [-0.1, -0.05) is 23.7 Å². The molecule has 2 aromatic rings. The zero-order chi connectivity index (χ0) is 20.4. The summed E-state index contributed by atoms with van der Waals surface area (Å²) in [6, 6.07) is 9.50. The number of carbonyl (C=O) groups is 1. The minimum absolute atomic E-state index is 0.0673. The molecule has 0 unspecified atom stereocenters. The highest BCUT2D eigenvalue weighted by atomic mass is 35.5. The Morgan fingerprint density at radius 2 is 2.03 bits per heavy atom. The van der Waals surface area contributed by atoms with Crippen molar-refractivity contribution in [1.29, 1.82) is 0 Å². The molecule has 29 heavy (non-hydrogen) atoms. The number of amides is 1. The summed E-state index contributed by atoms with van der Waals surface area (Å²) in [5, 5.41) is 3.39. The molecule has 1 N–H and O–H groups in total. The molecule has 6 nitrogen and oxygen atoms in total. The number of hydrogen-bond acceptors (Lipinski definition) is 5. The summed E-state index contributed by atoms with van der Waals surface area (Å²) in [5.74, 6) is 2.37. The zero-order valence-electron chi connectivity index (χ0n) is 16.5. The molecule has 4 rings (SSSR count). The number of benzene rings is 2. The predicted molar refractivity (Wildman–Crippen MR) is 110 cm³/mol. The van der Waals surface area contributed by atoms with Crippen LogP contribution in [0.15, 0.2) is 30.3 Å². The Hall–Kier alpha value is -2.60. The molecule has 0 spiro atoms. The van der Waals surface area contributed by atoms with Gasteiger partial charge in [-0.3, -0.25) is 4.79 Å². The van der Waals surface area contributed by atoms with Gasteiger partial charge >= 0.3 is 0 Å². The van der Waals surface area contributed by atoms with E-state index in [1.807, 2.05) is 44.2 Å². The van der Waals surface area contributed by atoms with Crippen LogP contribution < -0.4 is 24.3 Å². The van der Waals surface area contributed by atoms with Gasteiger partial charge in [-0.15, -0.1) is 0 Å². The fourth-order valence-corrected chi connectivity index (χ4v) is 3.84. The van der Waals surface area contributed by atoms with Gasteiger partial charge in [0.05, 0.1) is 5.02 Å². The van der Waals surface area contributed by atoms with Crippen molar-refractivity contribution in [1.82, 2.24) is 5.32 Å². The van der Waals surface area contributed by atoms with E-state index in [-0.39, 0.29) is 18.1 Å². The van der Waals surface area contributed by atoms with E-state index in [2.05, 4.69) is 5.32 Å². The molecule has 0 aliphatic carbocycles. The second kappa shape index (κ2) is 8.03. The maximum absolute atomic E-state index is 12.2. The first-order chi connectivity index (χ1) is 13.9. The van der Waals surface area contributed by atoms with Gasteiger partial charge in [0.2, 0.25) is 0 Å². The Balaban J connectivity index is 1.28. The molecule has 7 heteroatoms. The number of para-hydroxylation sites is 1. The third kappa shape index (κ3) is 4.53. The van der Waals surface area contributed by atoms with Crippen LogP contribution in [-0.4, -0.2) is 37.9 Å². The van der Waals surface area contributed by atoms with Crippen LogP contribution in [0.3, 0.4) is 0 Å². The van der Waals surface area contributed by atoms with Crippen LogP contribution in [0.2, 0.25) is 5.02 Å². The van der Waals surface area contributed by atoms with Crippen LogP contribution >= 0.6 is 11.6 Å². The number of fused-ring (bicyclic) bond motifs is 2. The molecule has 2 aromatic carbocycles. The quantitative estimate of drug-likeness (QED) is 0.778. The summed E-state index contributed by atoms with van der Waals surface area (Å²) < 4.78 is 22.8. The van der Waals surface area contributed by atoms with Crippen LogP contribution in [0, 0.1) is 0 Å². The molecule has 1 amide bonds. The van der Waals surface area contributed by atoms with E-state index >= 15 is 0 Å².